The molecule has 0 aliphatic carbocycles. The highest BCUT2D eigenvalue weighted by atomic mass is 32.2. The van der Waals surface area contributed by atoms with Gasteiger partial charge < -0.3 is 10.1 Å². The molecule has 2 atom stereocenters. The Hall–Kier alpha value is -2.93. The molecule has 0 bridgehead atoms. The number of amides is 1. The van der Waals surface area contributed by atoms with Crippen molar-refractivity contribution in [3.8, 4) is 0 Å². The maximum absolute atomic E-state index is 12.3. The van der Waals surface area contributed by atoms with Gasteiger partial charge >= 0.3 is 5.97 Å². The predicted octanol–water partition coefficient (Wildman–Crippen LogP) is 2.12. The lowest BCUT2D eigenvalue weighted by Crippen LogP contribution is -2.26. The van der Waals surface area contributed by atoms with Crippen molar-refractivity contribution in [2.45, 2.75) is 36.5 Å². The van der Waals surface area contributed by atoms with Crippen molar-refractivity contribution in [2.24, 2.45) is 0 Å². The first-order valence-corrected chi connectivity index (χ1v) is 12.4. The fourth-order valence-electron chi connectivity index (χ4n) is 3.19. The Morgan fingerprint density at radius 3 is 2.66 bits per heavy atom. The maximum atomic E-state index is 12.3. The van der Waals surface area contributed by atoms with Crippen LogP contribution in [0.4, 0.5) is 11.5 Å². The molecule has 2 unspecified atom stereocenters. The van der Waals surface area contributed by atoms with Crippen molar-refractivity contribution >= 4 is 45.0 Å². The second-order valence-electron chi connectivity index (χ2n) is 7.34. The molecule has 1 saturated heterocycles. The molecule has 13 heteroatoms. The van der Waals surface area contributed by atoms with Gasteiger partial charge in [0.05, 0.1) is 28.2 Å². The van der Waals surface area contributed by atoms with Crippen LogP contribution in [0.1, 0.15) is 25.1 Å². The summed E-state index contributed by atoms with van der Waals surface area (Å²) in [6.07, 6.45) is 0.415. The highest BCUT2D eigenvalue weighted by Crippen LogP contribution is 2.28. The summed E-state index contributed by atoms with van der Waals surface area (Å²) >= 11 is 1.15. The molecule has 2 heterocycles. The first-order valence-electron chi connectivity index (χ1n) is 9.68. The van der Waals surface area contributed by atoms with Gasteiger partial charge in [-0.25, -0.2) is 13.1 Å². The number of nitrogens with one attached hydrogen (secondary N) is 1. The van der Waals surface area contributed by atoms with Gasteiger partial charge in [0.15, 0.2) is 16.4 Å². The summed E-state index contributed by atoms with van der Waals surface area (Å²) in [6.45, 7) is 2.81. The number of carbonyl (C=O) groups is 2. The van der Waals surface area contributed by atoms with E-state index in [1.54, 1.807) is 19.9 Å². The molecule has 0 spiro atoms. The number of hydrogen-bond donors (Lipinski definition) is 1. The van der Waals surface area contributed by atoms with Crippen molar-refractivity contribution in [1.29, 1.82) is 0 Å². The zero-order valence-corrected chi connectivity index (χ0v) is 19.0. The Labute approximate surface area is 188 Å². The van der Waals surface area contributed by atoms with Crippen LogP contribution in [-0.2, 0) is 24.2 Å². The Bertz CT molecular complexity index is 1130. The SMILES string of the molecule is Cc1cc(NC(=O)COC(=O)C(C)Sc2ccc([N+](=O)[O-])cc2)n(C2CCS(=O)(=O)C2)n1. The molecule has 0 radical (unpaired) electrons. The van der Waals surface area contributed by atoms with Gasteiger partial charge in [-0.05, 0) is 32.4 Å². The summed E-state index contributed by atoms with van der Waals surface area (Å²) in [4.78, 5) is 35.3. The summed E-state index contributed by atoms with van der Waals surface area (Å²) in [5.41, 5.74) is 0.570. The van der Waals surface area contributed by atoms with Gasteiger partial charge in [0.25, 0.3) is 11.6 Å². The quantitative estimate of drug-likeness (QED) is 0.258. The number of carbonyl (C=O) groups excluding carboxylic acids is 2. The summed E-state index contributed by atoms with van der Waals surface area (Å²) in [5.74, 6) is -0.808. The molecule has 1 aliphatic rings. The molecular formula is C19H22N4O7S2. The number of non-ortho nitro benzene ring substituents is 1. The molecule has 32 heavy (non-hydrogen) atoms. The van der Waals surface area contributed by atoms with Crippen LogP contribution in [0.5, 0.6) is 0 Å². The van der Waals surface area contributed by atoms with Gasteiger partial charge in [-0.3, -0.25) is 19.7 Å². The lowest BCUT2D eigenvalue weighted by molar-refractivity contribution is -0.384. The average Bonchev–Trinajstić information content (AvgIpc) is 3.27. The van der Waals surface area contributed by atoms with Crippen LogP contribution in [0.15, 0.2) is 35.2 Å². The first kappa shape index (κ1) is 23.7. The summed E-state index contributed by atoms with van der Waals surface area (Å²) in [7, 11) is -3.12. The third kappa shape index (κ3) is 6.07. The largest absolute Gasteiger partial charge is 0.455 e. The number of esters is 1. The molecule has 1 N–H and O–H groups in total. The molecule has 172 valence electrons. The Kier molecular flexibility index (Phi) is 7.19. The zero-order chi connectivity index (χ0) is 23.5. The number of aryl methyl sites for hydroxylation is 1. The van der Waals surface area contributed by atoms with Gasteiger partial charge in [0, 0.05) is 23.1 Å². The minimum atomic E-state index is -3.12. The van der Waals surface area contributed by atoms with Crippen molar-refractivity contribution in [3.63, 3.8) is 0 Å². The van der Waals surface area contributed by atoms with E-state index in [0.29, 0.717) is 22.8 Å². The lowest BCUT2D eigenvalue weighted by atomic mass is 10.3. The number of nitro groups is 1. The van der Waals surface area contributed by atoms with Crippen LogP contribution < -0.4 is 5.32 Å². The fourth-order valence-corrected chi connectivity index (χ4v) is 5.75. The Morgan fingerprint density at radius 2 is 2.06 bits per heavy atom. The van der Waals surface area contributed by atoms with Crippen LogP contribution in [0.2, 0.25) is 0 Å². The average molecular weight is 483 g/mol. The smallest absolute Gasteiger partial charge is 0.319 e. The number of nitro benzene ring substituents is 1. The van der Waals surface area contributed by atoms with E-state index in [9.17, 15) is 28.1 Å². The van der Waals surface area contributed by atoms with Gasteiger partial charge in [0.1, 0.15) is 11.1 Å². The first-order chi connectivity index (χ1) is 15.0. The number of thioether (sulfide) groups is 1. The van der Waals surface area contributed by atoms with Crippen LogP contribution in [-0.4, -0.2) is 58.4 Å². The third-order valence-corrected chi connectivity index (χ3v) is 7.56. The molecule has 3 rings (SSSR count). The zero-order valence-electron chi connectivity index (χ0n) is 17.4. The topological polar surface area (TPSA) is 150 Å². The van der Waals surface area contributed by atoms with Crippen molar-refractivity contribution in [2.75, 3.05) is 23.4 Å². The van der Waals surface area contributed by atoms with Crippen LogP contribution >= 0.6 is 11.8 Å². The summed E-state index contributed by atoms with van der Waals surface area (Å²) < 4.78 is 30.1. The highest BCUT2D eigenvalue weighted by Gasteiger charge is 2.31. The highest BCUT2D eigenvalue weighted by molar-refractivity contribution is 8.00. The standard InChI is InChI=1S/C19H22N4O7S2/c1-12-9-17(22(21-12)15-7-8-32(28,29)11-15)20-18(24)10-30-19(25)13(2)31-16-5-3-14(4-6-16)23(26)27/h3-6,9,13,15H,7-8,10-11H2,1-2H3,(H,20,24). The van der Waals surface area contributed by atoms with E-state index in [1.807, 2.05) is 0 Å². The van der Waals surface area contributed by atoms with E-state index < -0.39 is 38.5 Å². The second kappa shape index (κ2) is 9.69. The van der Waals surface area contributed by atoms with Gasteiger partial charge in [0.2, 0.25) is 0 Å². The van der Waals surface area contributed by atoms with E-state index in [1.165, 1.54) is 28.9 Å². The lowest BCUT2D eigenvalue weighted by Gasteiger charge is -2.14. The van der Waals surface area contributed by atoms with E-state index >= 15 is 0 Å². The van der Waals surface area contributed by atoms with E-state index in [2.05, 4.69) is 10.4 Å². The van der Waals surface area contributed by atoms with Gasteiger partial charge in [-0.2, -0.15) is 5.10 Å². The summed E-state index contributed by atoms with van der Waals surface area (Å²) in [6, 6.07) is 7.02. The number of hydrogen-bond acceptors (Lipinski definition) is 9. The molecule has 1 fully saturated rings. The molecule has 1 aromatic carbocycles. The van der Waals surface area contributed by atoms with Gasteiger partial charge in [-0.15, -0.1) is 11.8 Å². The molecular weight excluding hydrogens is 460 g/mol. The van der Waals surface area contributed by atoms with E-state index in [4.69, 9.17) is 4.74 Å². The van der Waals surface area contributed by atoms with Gasteiger partial charge in [-0.1, -0.05) is 0 Å². The number of anilines is 1. The Balaban J connectivity index is 1.52. The number of aromatic nitrogens is 2. The predicted molar refractivity (Wildman–Crippen MR) is 117 cm³/mol. The maximum Gasteiger partial charge on any atom is 0.319 e. The fraction of sp³-hybridized carbons (Fsp3) is 0.421. The normalized spacial score (nSPS) is 18.1. The number of nitrogens with zero attached hydrogens (tertiary/aromatic N) is 3. The molecule has 0 saturated carbocycles. The Morgan fingerprint density at radius 1 is 1.38 bits per heavy atom. The number of sulfone groups is 1. The van der Waals surface area contributed by atoms with E-state index in [0.717, 1.165) is 11.8 Å². The van der Waals surface area contributed by atoms with Crippen LogP contribution in [0.3, 0.4) is 0 Å². The molecule has 1 amide bonds. The van der Waals surface area contributed by atoms with Crippen LogP contribution in [0, 0.1) is 17.0 Å². The van der Waals surface area contributed by atoms with Crippen molar-refractivity contribution in [3.05, 3.63) is 46.1 Å². The monoisotopic (exact) mass is 482 g/mol. The third-order valence-electron chi connectivity index (χ3n) is 4.72. The minimum Gasteiger partial charge on any atom is -0.455 e. The van der Waals surface area contributed by atoms with Crippen molar-refractivity contribution < 1.29 is 27.7 Å². The minimum absolute atomic E-state index is 0.0383. The molecule has 11 nitrogen and oxygen atoms in total. The summed E-state index contributed by atoms with van der Waals surface area (Å²) in [5, 5.41) is 17.0. The number of ether oxygens (including phenoxy) is 1. The van der Waals surface area contributed by atoms with E-state index in [-0.39, 0.29) is 23.2 Å². The number of rotatable bonds is 8. The molecule has 2 aromatic rings. The van der Waals surface area contributed by atoms with Crippen LogP contribution in [0.25, 0.3) is 0 Å². The molecule has 1 aliphatic heterocycles. The second-order valence-corrected chi connectivity index (χ2v) is 11.0. The molecule has 1 aromatic heterocycles. The van der Waals surface area contributed by atoms with Crippen molar-refractivity contribution in [1.82, 2.24) is 9.78 Å². The number of benzene rings is 1.